The Hall–Kier alpha value is -0.160. The third-order valence-electron chi connectivity index (χ3n) is 6.80. The minimum atomic E-state index is -0.907. The second-order valence-corrected chi connectivity index (χ2v) is 9.62. The molecule has 0 unspecified atom stereocenters. The summed E-state index contributed by atoms with van der Waals surface area (Å²) >= 11 is 0. The van der Waals surface area contributed by atoms with Crippen LogP contribution in [0, 0.1) is 17.8 Å². The molecule has 142 valence electrons. The first kappa shape index (κ1) is 20.2. The maximum absolute atomic E-state index is 11.3. The van der Waals surface area contributed by atoms with Crippen LogP contribution in [0.4, 0.5) is 0 Å². The monoisotopic (exact) mass is 342 g/mol. The van der Waals surface area contributed by atoms with Gasteiger partial charge in [0.25, 0.3) is 0 Å². The lowest BCUT2D eigenvalue weighted by Crippen LogP contribution is -2.51. The van der Waals surface area contributed by atoms with Crippen LogP contribution in [0.15, 0.2) is 0 Å². The van der Waals surface area contributed by atoms with Gasteiger partial charge in [-0.1, -0.05) is 20.8 Å². The fraction of sp³-hybridized carbons (Fsp3) is 1.00. The van der Waals surface area contributed by atoms with Crippen LogP contribution in [0.1, 0.15) is 80.1 Å². The van der Waals surface area contributed by atoms with E-state index in [-0.39, 0.29) is 12.0 Å². The molecule has 2 fully saturated rings. The van der Waals surface area contributed by atoms with Crippen molar-refractivity contribution in [2.45, 2.75) is 109 Å². The van der Waals surface area contributed by atoms with Gasteiger partial charge in [-0.15, -0.1) is 0 Å². The van der Waals surface area contributed by atoms with E-state index < -0.39 is 22.9 Å². The third kappa shape index (κ3) is 4.14. The van der Waals surface area contributed by atoms with Crippen molar-refractivity contribution in [2.24, 2.45) is 17.8 Å². The minimum absolute atomic E-state index is 0.192. The van der Waals surface area contributed by atoms with Gasteiger partial charge in [0.05, 0.1) is 29.0 Å². The first-order chi connectivity index (χ1) is 10.9. The highest BCUT2D eigenvalue weighted by molar-refractivity contribution is 5.01. The lowest BCUT2D eigenvalue weighted by molar-refractivity contribution is -0.175. The number of aliphatic hydroxyl groups excluding tert-OH is 1. The van der Waals surface area contributed by atoms with Crippen molar-refractivity contribution < 1.29 is 20.1 Å². The zero-order chi connectivity index (χ0) is 18.3. The molecular weight excluding hydrogens is 304 g/mol. The van der Waals surface area contributed by atoms with Crippen LogP contribution in [-0.2, 0) is 4.74 Å². The average molecular weight is 343 g/mol. The van der Waals surface area contributed by atoms with E-state index in [2.05, 4.69) is 20.8 Å². The Kier molecular flexibility index (Phi) is 5.76. The highest BCUT2D eigenvalue weighted by atomic mass is 16.5. The molecule has 4 heteroatoms. The van der Waals surface area contributed by atoms with Gasteiger partial charge in [-0.25, -0.2) is 0 Å². The van der Waals surface area contributed by atoms with E-state index in [1.165, 1.54) is 0 Å². The fourth-order valence-corrected chi connectivity index (χ4v) is 4.50. The van der Waals surface area contributed by atoms with Crippen LogP contribution in [0.3, 0.4) is 0 Å². The summed E-state index contributed by atoms with van der Waals surface area (Å²) in [6.45, 7) is 11.9. The van der Waals surface area contributed by atoms with E-state index >= 15 is 0 Å². The summed E-state index contributed by atoms with van der Waals surface area (Å²) in [5.41, 5.74) is -2.42. The summed E-state index contributed by atoms with van der Waals surface area (Å²) in [6.07, 6.45) is 3.74. The SMILES string of the molecule is CC(C)[C@H]1CC[C@H](C)[C@@](O)(C[C@H](O)[C@]2(C)CC[C@H](C(C)(C)O)O2)C1. The maximum atomic E-state index is 11.3. The van der Waals surface area contributed by atoms with Crippen LogP contribution in [0.5, 0.6) is 0 Å². The van der Waals surface area contributed by atoms with Crippen molar-refractivity contribution >= 4 is 0 Å². The Morgan fingerprint density at radius 1 is 1.21 bits per heavy atom. The molecule has 0 radical (unpaired) electrons. The van der Waals surface area contributed by atoms with E-state index in [9.17, 15) is 15.3 Å². The molecule has 6 atom stereocenters. The summed E-state index contributed by atoms with van der Waals surface area (Å²) in [5.74, 6) is 1.26. The fourth-order valence-electron chi connectivity index (χ4n) is 4.50. The van der Waals surface area contributed by atoms with Gasteiger partial charge >= 0.3 is 0 Å². The second kappa shape index (κ2) is 6.86. The van der Waals surface area contributed by atoms with Gasteiger partial charge in [0, 0.05) is 6.42 Å². The van der Waals surface area contributed by atoms with E-state index in [4.69, 9.17) is 4.74 Å². The van der Waals surface area contributed by atoms with Crippen molar-refractivity contribution in [1.29, 1.82) is 0 Å². The number of rotatable bonds is 5. The molecule has 2 rings (SSSR count). The van der Waals surface area contributed by atoms with Crippen molar-refractivity contribution in [2.75, 3.05) is 0 Å². The summed E-state index contributed by atoms with van der Waals surface area (Å²) in [7, 11) is 0. The molecule has 2 aliphatic rings. The van der Waals surface area contributed by atoms with Gasteiger partial charge in [0.15, 0.2) is 0 Å². The quantitative estimate of drug-likeness (QED) is 0.717. The molecule has 4 nitrogen and oxygen atoms in total. The van der Waals surface area contributed by atoms with E-state index in [1.54, 1.807) is 13.8 Å². The molecule has 0 amide bonds. The molecule has 0 spiro atoms. The van der Waals surface area contributed by atoms with E-state index in [0.29, 0.717) is 24.7 Å². The number of ether oxygens (including phenoxy) is 1. The molecule has 24 heavy (non-hydrogen) atoms. The van der Waals surface area contributed by atoms with Crippen LogP contribution in [0.2, 0.25) is 0 Å². The van der Waals surface area contributed by atoms with Gasteiger partial charge in [-0.3, -0.25) is 0 Å². The van der Waals surface area contributed by atoms with Gasteiger partial charge in [-0.2, -0.15) is 0 Å². The lowest BCUT2D eigenvalue weighted by atomic mass is 9.65. The molecule has 0 aromatic heterocycles. The summed E-state index contributed by atoms with van der Waals surface area (Å²) in [6, 6.07) is 0. The predicted molar refractivity (Wildman–Crippen MR) is 95.7 cm³/mol. The number of aliphatic hydroxyl groups is 3. The largest absolute Gasteiger partial charge is 0.390 e. The Bertz CT molecular complexity index is 430. The van der Waals surface area contributed by atoms with Crippen LogP contribution >= 0.6 is 0 Å². The Morgan fingerprint density at radius 3 is 2.33 bits per heavy atom. The zero-order valence-electron chi connectivity index (χ0n) is 16.4. The van der Waals surface area contributed by atoms with E-state index in [0.717, 1.165) is 25.7 Å². The molecule has 1 aliphatic carbocycles. The molecule has 1 heterocycles. The Morgan fingerprint density at radius 2 is 1.83 bits per heavy atom. The molecule has 1 saturated carbocycles. The number of hydrogen-bond donors (Lipinski definition) is 3. The number of hydrogen-bond acceptors (Lipinski definition) is 4. The highest BCUT2D eigenvalue weighted by Crippen LogP contribution is 2.45. The maximum Gasteiger partial charge on any atom is 0.0919 e. The first-order valence-corrected chi connectivity index (χ1v) is 9.68. The van der Waals surface area contributed by atoms with Gasteiger partial charge in [-0.05, 0) is 70.6 Å². The topological polar surface area (TPSA) is 69.9 Å². The van der Waals surface area contributed by atoms with Crippen molar-refractivity contribution in [3.05, 3.63) is 0 Å². The zero-order valence-corrected chi connectivity index (χ0v) is 16.4. The molecule has 0 aromatic carbocycles. The normalized spacial score (nSPS) is 42.5. The Balaban J connectivity index is 2.06. The Labute approximate surface area is 147 Å². The minimum Gasteiger partial charge on any atom is -0.390 e. The standard InChI is InChI=1S/C20H38O4/c1-13(2)15-8-7-14(3)20(23,11-15)12-16(21)19(6)10-9-17(24-19)18(4,5)22/h13-17,21-23H,7-12H2,1-6H3/t14-,15-,16-,17+,19-,20-/m0/s1. The van der Waals surface area contributed by atoms with Crippen molar-refractivity contribution in [1.82, 2.24) is 0 Å². The molecule has 3 N–H and O–H groups in total. The summed E-state index contributed by atoms with van der Waals surface area (Å²) < 4.78 is 6.06. The van der Waals surface area contributed by atoms with Crippen molar-refractivity contribution in [3.8, 4) is 0 Å². The van der Waals surface area contributed by atoms with Gasteiger partial charge in [0.1, 0.15) is 0 Å². The predicted octanol–water partition coefficient (Wildman–Crippen LogP) is 3.27. The smallest absolute Gasteiger partial charge is 0.0919 e. The van der Waals surface area contributed by atoms with Crippen molar-refractivity contribution in [3.63, 3.8) is 0 Å². The second-order valence-electron chi connectivity index (χ2n) is 9.62. The summed E-state index contributed by atoms with van der Waals surface area (Å²) in [4.78, 5) is 0. The average Bonchev–Trinajstić information content (AvgIpc) is 2.86. The lowest BCUT2D eigenvalue weighted by Gasteiger charge is -2.46. The van der Waals surface area contributed by atoms with Crippen LogP contribution in [-0.4, -0.2) is 44.3 Å². The van der Waals surface area contributed by atoms with Crippen LogP contribution in [0.25, 0.3) is 0 Å². The highest BCUT2D eigenvalue weighted by Gasteiger charge is 2.50. The molecule has 1 saturated heterocycles. The third-order valence-corrected chi connectivity index (χ3v) is 6.80. The van der Waals surface area contributed by atoms with E-state index in [1.807, 2.05) is 6.92 Å². The molecule has 1 aliphatic heterocycles. The molecular formula is C20H38O4. The molecule has 0 aromatic rings. The van der Waals surface area contributed by atoms with Crippen LogP contribution < -0.4 is 0 Å². The molecule has 0 bridgehead atoms. The van der Waals surface area contributed by atoms with Gasteiger partial charge < -0.3 is 20.1 Å². The summed E-state index contributed by atoms with van der Waals surface area (Å²) in [5, 5.41) is 32.3. The van der Waals surface area contributed by atoms with Gasteiger partial charge in [0.2, 0.25) is 0 Å². The first-order valence-electron chi connectivity index (χ1n) is 9.68.